The highest BCUT2D eigenvalue weighted by molar-refractivity contribution is 7.09. The predicted molar refractivity (Wildman–Crippen MR) is 88.1 cm³/mol. The van der Waals surface area contributed by atoms with Gasteiger partial charge < -0.3 is 14.7 Å². The van der Waals surface area contributed by atoms with Gasteiger partial charge in [0.15, 0.2) is 0 Å². The number of phenolic OH excluding ortho intramolecular Hbond substituents is 1. The Morgan fingerprint density at radius 2 is 2.30 bits per heavy atom. The van der Waals surface area contributed by atoms with Gasteiger partial charge in [0.2, 0.25) is 0 Å². The van der Waals surface area contributed by atoms with Crippen molar-refractivity contribution < 1.29 is 14.6 Å². The average molecular weight is 330 g/mol. The summed E-state index contributed by atoms with van der Waals surface area (Å²) in [6.45, 7) is 1.37. The molecule has 2 aliphatic heterocycles. The summed E-state index contributed by atoms with van der Waals surface area (Å²) in [7, 11) is 0. The molecule has 1 saturated heterocycles. The highest BCUT2D eigenvalue weighted by atomic mass is 32.1. The van der Waals surface area contributed by atoms with Crippen molar-refractivity contribution in [2.75, 3.05) is 18.1 Å². The van der Waals surface area contributed by atoms with Crippen LogP contribution in [0.4, 0.5) is 5.69 Å². The summed E-state index contributed by atoms with van der Waals surface area (Å²) in [5.41, 5.74) is 2.09. The lowest BCUT2D eigenvalue weighted by Gasteiger charge is -2.29. The molecule has 2 aliphatic rings. The quantitative estimate of drug-likeness (QED) is 0.918. The van der Waals surface area contributed by atoms with Crippen molar-refractivity contribution in [2.45, 2.75) is 31.8 Å². The molecule has 0 saturated carbocycles. The van der Waals surface area contributed by atoms with Crippen molar-refractivity contribution in [3.05, 3.63) is 39.8 Å². The van der Waals surface area contributed by atoms with E-state index in [1.807, 2.05) is 12.1 Å². The molecule has 1 aromatic carbocycles. The highest BCUT2D eigenvalue weighted by Gasteiger charge is 2.29. The number of fused-ring (bicyclic) bond motifs is 1. The Labute approximate surface area is 138 Å². The molecule has 0 bridgehead atoms. The Hall–Kier alpha value is -1.92. The smallest absolute Gasteiger partial charge is 0.277 e. The minimum absolute atomic E-state index is 0.0311. The van der Waals surface area contributed by atoms with Crippen LogP contribution in [-0.2, 0) is 11.2 Å². The van der Waals surface area contributed by atoms with Crippen molar-refractivity contribution in [3.63, 3.8) is 0 Å². The number of carbonyl (C=O) groups is 1. The van der Waals surface area contributed by atoms with Crippen molar-refractivity contribution in [3.8, 4) is 5.75 Å². The Bertz CT molecular complexity index is 737. The van der Waals surface area contributed by atoms with E-state index in [4.69, 9.17) is 4.74 Å². The second-order valence-electron chi connectivity index (χ2n) is 5.92. The fourth-order valence-corrected chi connectivity index (χ4v) is 4.15. The molecular formula is C17H18N2O3S. The van der Waals surface area contributed by atoms with Crippen LogP contribution in [0, 0.1) is 0 Å². The third kappa shape index (κ3) is 2.62. The topological polar surface area (TPSA) is 62.7 Å². The zero-order valence-electron chi connectivity index (χ0n) is 12.7. The molecule has 3 heterocycles. The largest absolute Gasteiger partial charge is 0.506 e. The molecule has 1 fully saturated rings. The molecule has 1 amide bonds. The molecule has 23 heavy (non-hydrogen) atoms. The molecule has 0 aliphatic carbocycles. The van der Waals surface area contributed by atoms with Crippen LogP contribution in [0.2, 0.25) is 0 Å². The number of aromatic nitrogens is 1. The fourth-order valence-electron chi connectivity index (χ4n) is 3.28. The van der Waals surface area contributed by atoms with Gasteiger partial charge in [-0.3, -0.25) is 4.79 Å². The van der Waals surface area contributed by atoms with Crippen molar-refractivity contribution in [1.29, 1.82) is 0 Å². The lowest BCUT2D eigenvalue weighted by Crippen LogP contribution is -2.35. The number of rotatable bonds is 2. The summed E-state index contributed by atoms with van der Waals surface area (Å²) >= 11 is 1.48. The van der Waals surface area contributed by atoms with Gasteiger partial charge >= 0.3 is 0 Å². The molecule has 1 unspecified atom stereocenters. The number of nitrogens with zero attached hydrogens (tertiary/aromatic N) is 2. The number of hydrogen-bond acceptors (Lipinski definition) is 5. The minimum atomic E-state index is -0.145. The van der Waals surface area contributed by atoms with Crippen molar-refractivity contribution in [1.82, 2.24) is 4.98 Å². The first-order valence-electron chi connectivity index (χ1n) is 7.94. The van der Waals surface area contributed by atoms with Gasteiger partial charge in [0.25, 0.3) is 5.91 Å². The zero-order chi connectivity index (χ0) is 15.8. The van der Waals surface area contributed by atoms with Crippen LogP contribution in [0.5, 0.6) is 5.75 Å². The van der Waals surface area contributed by atoms with Gasteiger partial charge in [0, 0.05) is 18.5 Å². The zero-order valence-corrected chi connectivity index (χ0v) is 13.5. The van der Waals surface area contributed by atoms with Crippen molar-refractivity contribution >= 4 is 22.9 Å². The first-order valence-corrected chi connectivity index (χ1v) is 8.82. The maximum atomic E-state index is 12.9. The standard InChI is InChI=1S/C17H18N2O3S/c20-13-6-1-4-11-5-2-8-19(15(11)13)17(21)12-10-23-16(18-12)14-7-3-9-22-14/h1,4,6,10,14,20H,2-3,5,7-9H2. The molecule has 4 rings (SSSR count). The summed E-state index contributed by atoms with van der Waals surface area (Å²) in [4.78, 5) is 19.0. The Morgan fingerprint density at radius 3 is 3.13 bits per heavy atom. The number of para-hydroxylation sites is 1. The van der Waals surface area contributed by atoms with Crippen LogP contribution in [0.15, 0.2) is 23.6 Å². The number of thiazole rings is 1. The number of anilines is 1. The molecular weight excluding hydrogens is 312 g/mol. The number of benzene rings is 1. The second kappa shape index (κ2) is 5.94. The average Bonchev–Trinajstić information content (AvgIpc) is 3.25. The van der Waals surface area contributed by atoms with E-state index in [0.717, 1.165) is 42.9 Å². The van der Waals surface area contributed by atoms with Crippen LogP contribution in [0.25, 0.3) is 0 Å². The van der Waals surface area contributed by atoms with Crippen LogP contribution in [-0.4, -0.2) is 29.1 Å². The van der Waals surface area contributed by atoms with E-state index < -0.39 is 0 Å². The number of carbonyl (C=O) groups excluding carboxylic acids is 1. The first-order chi connectivity index (χ1) is 11.2. The minimum Gasteiger partial charge on any atom is -0.506 e. The van der Waals surface area contributed by atoms with E-state index >= 15 is 0 Å². The molecule has 0 spiro atoms. The van der Waals surface area contributed by atoms with E-state index in [1.54, 1.807) is 16.3 Å². The summed E-state index contributed by atoms with van der Waals surface area (Å²) in [5, 5.41) is 12.8. The summed E-state index contributed by atoms with van der Waals surface area (Å²) in [6, 6.07) is 5.41. The number of ether oxygens (including phenoxy) is 1. The fraction of sp³-hybridized carbons (Fsp3) is 0.412. The van der Waals surface area contributed by atoms with Gasteiger partial charge in [-0.05, 0) is 37.3 Å². The molecule has 1 aromatic heterocycles. The van der Waals surface area contributed by atoms with Crippen LogP contribution >= 0.6 is 11.3 Å². The molecule has 0 radical (unpaired) electrons. The van der Waals surface area contributed by atoms with Gasteiger partial charge in [-0.15, -0.1) is 11.3 Å². The molecule has 2 aromatic rings. The Morgan fingerprint density at radius 1 is 1.39 bits per heavy atom. The lowest BCUT2D eigenvalue weighted by molar-refractivity contribution is 0.0976. The monoisotopic (exact) mass is 330 g/mol. The van der Waals surface area contributed by atoms with E-state index in [9.17, 15) is 9.90 Å². The van der Waals surface area contributed by atoms with Gasteiger partial charge in [0.05, 0.1) is 5.69 Å². The maximum Gasteiger partial charge on any atom is 0.277 e. The third-order valence-electron chi connectivity index (χ3n) is 4.39. The number of aromatic hydroxyl groups is 1. The van der Waals surface area contributed by atoms with E-state index in [-0.39, 0.29) is 17.8 Å². The van der Waals surface area contributed by atoms with E-state index in [2.05, 4.69) is 4.98 Å². The first kappa shape index (κ1) is 14.7. The molecule has 120 valence electrons. The van der Waals surface area contributed by atoms with Crippen LogP contribution in [0.1, 0.15) is 46.4 Å². The van der Waals surface area contributed by atoms with Gasteiger partial charge in [-0.25, -0.2) is 4.98 Å². The van der Waals surface area contributed by atoms with Gasteiger partial charge in [0.1, 0.15) is 22.6 Å². The normalized spacial score (nSPS) is 20.5. The number of hydrogen-bond donors (Lipinski definition) is 1. The van der Waals surface area contributed by atoms with Crippen LogP contribution < -0.4 is 4.90 Å². The van der Waals surface area contributed by atoms with Gasteiger partial charge in [-0.1, -0.05) is 12.1 Å². The molecule has 1 N–H and O–H groups in total. The molecule has 6 heteroatoms. The van der Waals surface area contributed by atoms with Crippen LogP contribution in [0.3, 0.4) is 0 Å². The number of amides is 1. The molecule has 1 atom stereocenters. The van der Waals surface area contributed by atoms with E-state index in [0.29, 0.717) is 17.9 Å². The SMILES string of the molecule is O=C(c1csc(C2CCCO2)n1)N1CCCc2cccc(O)c21. The Kier molecular flexibility index (Phi) is 3.79. The van der Waals surface area contributed by atoms with Crippen molar-refractivity contribution in [2.24, 2.45) is 0 Å². The third-order valence-corrected chi connectivity index (χ3v) is 5.32. The molecule has 5 nitrogen and oxygen atoms in total. The number of aryl methyl sites for hydroxylation is 1. The summed E-state index contributed by atoms with van der Waals surface area (Å²) in [6.07, 6.45) is 3.81. The van der Waals surface area contributed by atoms with E-state index in [1.165, 1.54) is 11.3 Å². The maximum absolute atomic E-state index is 12.9. The van der Waals surface area contributed by atoms with Gasteiger partial charge in [-0.2, -0.15) is 0 Å². The second-order valence-corrected chi connectivity index (χ2v) is 6.81. The Balaban J connectivity index is 1.63. The highest BCUT2D eigenvalue weighted by Crippen LogP contribution is 2.37. The predicted octanol–water partition coefficient (Wildman–Crippen LogP) is 3.29. The summed E-state index contributed by atoms with van der Waals surface area (Å²) < 4.78 is 5.64. The number of phenols is 1. The lowest BCUT2D eigenvalue weighted by atomic mass is 10.0. The summed E-state index contributed by atoms with van der Waals surface area (Å²) in [5.74, 6) is 0.0121.